The third-order valence-electron chi connectivity index (χ3n) is 4.20. The van der Waals surface area contributed by atoms with Gasteiger partial charge in [0.05, 0.1) is 6.54 Å². The predicted molar refractivity (Wildman–Crippen MR) is 84.3 cm³/mol. The number of hydrogen-bond donors (Lipinski definition) is 2. The van der Waals surface area contributed by atoms with Gasteiger partial charge in [0.25, 0.3) is 0 Å². The summed E-state index contributed by atoms with van der Waals surface area (Å²) in [5.41, 5.74) is 0.471. The Labute approximate surface area is 135 Å². The molecule has 2 rings (SSSR count). The summed E-state index contributed by atoms with van der Waals surface area (Å²) >= 11 is 0. The summed E-state index contributed by atoms with van der Waals surface area (Å²) in [5.74, 6) is -1.02. The molecule has 6 heteroatoms. The Bertz CT molecular complexity index is 550. The molecule has 5 nitrogen and oxygen atoms in total. The van der Waals surface area contributed by atoms with Gasteiger partial charge in [0.15, 0.2) is 0 Å². The molecule has 2 N–H and O–H groups in total. The van der Waals surface area contributed by atoms with Crippen molar-refractivity contribution in [3.8, 4) is 0 Å². The van der Waals surface area contributed by atoms with Crippen molar-refractivity contribution in [3.05, 3.63) is 35.6 Å². The zero-order valence-electron chi connectivity index (χ0n) is 13.1. The highest BCUT2D eigenvalue weighted by molar-refractivity contribution is 5.78. The van der Waals surface area contributed by atoms with Gasteiger partial charge in [-0.2, -0.15) is 0 Å². The zero-order chi connectivity index (χ0) is 16.7. The lowest BCUT2D eigenvalue weighted by Gasteiger charge is -2.19. The average Bonchev–Trinajstić information content (AvgIpc) is 2.71. The Kier molecular flexibility index (Phi) is 6.52. The van der Waals surface area contributed by atoms with E-state index >= 15 is 0 Å². The minimum atomic E-state index is -0.758. The number of carboxylic acid groups (broad SMARTS) is 1. The Balaban J connectivity index is 1.75. The van der Waals surface area contributed by atoms with Gasteiger partial charge in [-0.25, -0.2) is 4.39 Å². The molecule has 1 saturated heterocycles. The second-order valence-electron chi connectivity index (χ2n) is 6.04. The minimum Gasteiger partial charge on any atom is -0.481 e. The van der Waals surface area contributed by atoms with Crippen LogP contribution >= 0.6 is 0 Å². The second kappa shape index (κ2) is 8.62. The summed E-state index contributed by atoms with van der Waals surface area (Å²) in [6, 6.07) is 6.38. The number of rotatable bonds is 6. The maximum Gasteiger partial charge on any atom is 0.303 e. The van der Waals surface area contributed by atoms with Gasteiger partial charge in [0, 0.05) is 18.5 Å². The lowest BCUT2D eigenvalue weighted by molar-refractivity contribution is -0.138. The second-order valence-corrected chi connectivity index (χ2v) is 6.04. The molecule has 0 radical (unpaired) electrons. The first-order valence-corrected chi connectivity index (χ1v) is 7.99. The number of carbonyl (C=O) groups is 2. The molecule has 1 atom stereocenters. The molecule has 0 bridgehead atoms. The van der Waals surface area contributed by atoms with E-state index in [0.29, 0.717) is 5.56 Å². The summed E-state index contributed by atoms with van der Waals surface area (Å²) < 4.78 is 13.5. The van der Waals surface area contributed by atoms with Gasteiger partial charge < -0.3 is 10.4 Å². The molecule has 1 heterocycles. The molecular formula is C17H23FN2O3. The molecule has 1 aliphatic heterocycles. The van der Waals surface area contributed by atoms with Crippen molar-refractivity contribution in [1.82, 2.24) is 10.2 Å². The molecular weight excluding hydrogens is 299 g/mol. The van der Waals surface area contributed by atoms with Crippen LogP contribution in [0, 0.1) is 11.7 Å². The van der Waals surface area contributed by atoms with Gasteiger partial charge in [0.2, 0.25) is 5.91 Å². The van der Waals surface area contributed by atoms with Crippen molar-refractivity contribution in [2.75, 3.05) is 19.6 Å². The Morgan fingerprint density at radius 1 is 1.26 bits per heavy atom. The summed E-state index contributed by atoms with van der Waals surface area (Å²) in [7, 11) is 0. The predicted octanol–water partition coefficient (Wildman–Crippen LogP) is 2.02. The third kappa shape index (κ3) is 5.98. The SMILES string of the molecule is O=C(O)CC1CCCN(CC(=O)NCc2ccccc2F)CC1. The molecule has 1 unspecified atom stereocenters. The Morgan fingerprint density at radius 2 is 2.04 bits per heavy atom. The first-order valence-electron chi connectivity index (χ1n) is 7.99. The van der Waals surface area contributed by atoms with Crippen molar-refractivity contribution in [2.45, 2.75) is 32.2 Å². The number of carboxylic acids is 1. The Morgan fingerprint density at radius 3 is 2.78 bits per heavy atom. The van der Waals surface area contributed by atoms with Crippen LogP contribution in [0.5, 0.6) is 0 Å². The van der Waals surface area contributed by atoms with E-state index in [9.17, 15) is 14.0 Å². The molecule has 1 aliphatic rings. The van der Waals surface area contributed by atoms with Crippen LogP contribution in [-0.2, 0) is 16.1 Å². The molecule has 1 aromatic rings. The van der Waals surface area contributed by atoms with Gasteiger partial charge in [0.1, 0.15) is 5.82 Å². The number of hydrogen-bond acceptors (Lipinski definition) is 3. The molecule has 0 aromatic heterocycles. The highest BCUT2D eigenvalue weighted by Gasteiger charge is 2.20. The van der Waals surface area contributed by atoms with Gasteiger partial charge in [-0.1, -0.05) is 18.2 Å². The summed E-state index contributed by atoms with van der Waals surface area (Å²) in [6.45, 7) is 1.98. The zero-order valence-corrected chi connectivity index (χ0v) is 13.1. The fourth-order valence-electron chi connectivity index (χ4n) is 2.93. The van der Waals surface area contributed by atoms with E-state index in [-0.39, 0.29) is 37.2 Å². The standard InChI is InChI=1S/C17H23FN2O3/c18-15-6-2-1-5-14(15)11-19-16(21)12-20-8-3-4-13(7-9-20)10-17(22)23/h1-2,5-6,13H,3-4,7-12H2,(H,19,21)(H,22,23). The van der Waals surface area contributed by atoms with Gasteiger partial charge in [-0.15, -0.1) is 0 Å². The number of likely N-dealkylation sites (tertiary alicyclic amines) is 1. The average molecular weight is 322 g/mol. The largest absolute Gasteiger partial charge is 0.481 e. The molecule has 126 valence electrons. The molecule has 1 fully saturated rings. The number of carbonyl (C=O) groups excluding carboxylic acids is 1. The van der Waals surface area contributed by atoms with Crippen LogP contribution in [0.15, 0.2) is 24.3 Å². The molecule has 0 aliphatic carbocycles. The summed E-state index contributed by atoms with van der Waals surface area (Å²) in [5, 5.41) is 11.6. The monoisotopic (exact) mass is 322 g/mol. The highest BCUT2D eigenvalue weighted by Crippen LogP contribution is 2.20. The number of amides is 1. The topological polar surface area (TPSA) is 69.6 Å². The van der Waals surface area contributed by atoms with E-state index in [1.807, 2.05) is 4.90 Å². The van der Waals surface area contributed by atoms with Crippen molar-refractivity contribution in [1.29, 1.82) is 0 Å². The molecule has 1 aromatic carbocycles. The van der Waals surface area contributed by atoms with E-state index in [1.54, 1.807) is 18.2 Å². The van der Waals surface area contributed by atoms with Crippen molar-refractivity contribution < 1.29 is 19.1 Å². The molecule has 1 amide bonds. The maximum atomic E-state index is 13.5. The summed E-state index contributed by atoms with van der Waals surface area (Å²) in [4.78, 5) is 24.8. The number of halogens is 1. The van der Waals surface area contributed by atoms with Crippen molar-refractivity contribution in [2.24, 2.45) is 5.92 Å². The van der Waals surface area contributed by atoms with Crippen molar-refractivity contribution >= 4 is 11.9 Å². The molecule has 0 spiro atoms. The number of benzene rings is 1. The van der Waals surface area contributed by atoms with E-state index in [2.05, 4.69) is 5.32 Å². The first-order chi connectivity index (χ1) is 11.0. The quantitative estimate of drug-likeness (QED) is 0.841. The van der Waals surface area contributed by atoms with Gasteiger partial charge in [-0.3, -0.25) is 14.5 Å². The van der Waals surface area contributed by atoms with E-state index in [4.69, 9.17) is 5.11 Å². The van der Waals surface area contributed by atoms with Crippen LogP contribution < -0.4 is 5.32 Å². The lowest BCUT2D eigenvalue weighted by atomic mass is 9.97. The molecule has 0 saturated carbocycles. The third-order valence-corrected chi connectivity index (χ3v) is 4.20. The van der Waals surface area contributed by atoms with Crippen LogP contribution in [0.1, 0.15) is 31.2 Å². The van der Waals surface area contributed by atoms with Crippen LogP contribution in [0.25, 0.3) is 0 Å². The Hall–Kier alpha value is -1.95. The van der Waals surface area contributed by atoms with E-state index < -0.39 is 5.97 Å². The van der Waals surface area contributed by atoms with Crippen LogP contribution in [0.3, 0.4) is 0 Å². The van der Waals surface area contributed by atoms with Crippen LogP contribution in [0.2, 0.25) is 0 Å². The van der Waals surface area contributed by atoms with E-state index in [0.717, 1.165) is 32.4 Å². The summed E-state index contributed by atoms with van der Waals surface area (Å²) in [6.07, 6.45) is 2.79. The molecule has 23 heavy (non-hydrogen) atoms. The van der Waals surface area contributed by atoms with Crippen LogP contribution in [0.4, 0.5) is 4.39 Å². The van der Waals surface area contributed by atoms with Crippen LogP contribution in [-0.4, -0.2) is 41.5 Å². The number of aliphatic carboxylic acids is 1. The highest BCUT2D eigenvalue weighted by atomic mass is 19.1. The number of nitrogens with zero attached hydrogens (tertiary/aromatic N) is 1. The maximum absolute atomic E-state index is 13.5. The van der Waals surface area contributed by atoms with Crippen molar-refractivity contribution in [3.63, 3.8) is 0 Å². The fourth-order valence-corrected chi connectivity index (χ4v) is 2.93. The fraction of sp³-hybridized carbons (Fsp3) is 0.529. The first kappa shape index (κ1) is 17.4. The van der Waals surface area contributed by atoms with E-state index in [1.165, 1.54) is 6.07 Å². The number of nitrogens with one attached hydrogen (secondary N) is 1. The van der Waals surface area contributed by atoms with Gasteiger partial charge >= 0.3 is 5.97 Å². The lowest BCUT2D eigenvalue weighted by Crippen LogP contribution is -2.37. The smallest absolute Gasteiger partial charge is 0.303 e. The normalized spacial score (nSPS) is 19.1. The minimum absolute atomic E-state index is 0.134. The van der Waals surface area contributed by atoms with Gasteiger partial charge in [-0.05, 0) is 44.3 Å².